The van der Waals surface area contributed by atoms with Crippen molar-refractivity contribution in [3.05, 3.63) is 16.6 Å². The van der Waals surface area contributed by atoms with E-state index < -0.39 is 8.07 Å². The van der Waals surface area contributed by atoms with Crippen LogP contribution in [0.1, 0.15) is 5.82 Å². The van der Waals surface area contributed by atoms with Crippen LogP contribution >= 0.6 is 15.9 Å². The number of aryl methyl sites for hydroxylation is 1. The summed E-state index contributed by atoms with van der Waals surface area (Å²) in [6.07, 6.45) is 1.91. The first-order valence-electron chi connectivity index (χ1n) is 4.10. The van der Waals surface area contributed by atoms with E-state index in [1.54, 1.807) is 0 Å². The Kier molecular flexibility index (Phi) is 2.99. The third-order valence-electron chi connectivity index (χ3n) is 1.40. The Bertz CT molecular complexity index is 365. The van der Waals surface area contributed by atoms with Crippen LogP contribution in [0.3, 0.4) is 0 Å². The number of hydrogen-bond acceptors (Lipinski definition) is 1. The van der Waals surface area contributed by atoms with E-state index in [1.165, 1.54) is 0 Å². The smallest absolute Gasteiger partial charge is 0.185 e. The van der Waals surface area contributed by atoms with Crippen LogP contribution in [0.25, 0.3) is 0 Å². The van der Waals surface area contributed by atoms with Gasteiger partial charge in [-0.1, -0.05) is 19.6 Å². The van der Waals surface area contributed by atoms with E-state index in [2.05, 4.69) is 52.0 Å². The number of nitrogens with zero attached hydrogens (tertiary/aromatic N) is 2. The highest BCUT2D eigenvalue weighted by atomic mass is 79.9. The maximum atomic E-state index is 4.24. The van der Waals surface area contributed by atoms with Gasteiger partial charge in [0.25, 0.3) is 0 Å². The van der Waals surface area contributed by atoms with Crippen LogP contribution in [0.2, 0.25) is 19.6 Å². The van der Waals surface area contributed by atoms with Gasteiger partial charge in [0, 0.05) is 13.2 Å². The van der Waals surface area contributed by atoms with Gasteiger partial charge in [0.1, 0.15) is 12.7 Å². The lowest BCUT2D eigenvalue weighted by molar-refractivity contribution is 0.893. The van der Waals surface area contributed by atoms with Gasteiger partial charge in [-0.15, -0.1) is 5.54 Å². The molecule has 1 heterocycles. The normalized spacial score (nSPS) is 10.8. The van der Waals surface area contributed by atoms with Crippen molar-refractivity contribution >= 4 is 24.0 Å². The summed E-state index contributed by atoms with van der Waals surface area (Å²) in [5.41, 5.74) is 3.28. The van der Waals surface area contributed by atoms with Crippen LogP contribution in [0.5, 0.6) is 0 Å². The van der Waals surface area contributed by atoms with E-state index in [-0.39, 0.29) is 0 Å². The SMILES string of the molecule is Cn1cc(Br)nc1C#C[Si](C)(C)C. The molecule has 70 valence electrons. The van der Waals surface area contributed by atoms with Crippen molar-refractivity contribution in [1.82, 2.24) is 9.55 Å². The first kappa shape index (κ1) is 10.5. The van der Waals surface area contributed by atoms with Crippen molar-refractivity contribution in [1.29, 1.82) is 0 Å². The molecule has 0 atom stereocenters. The molecule has 0 aromatic carbocycles. The van der Waals surface area contributed by atoms with Crippen LogP contribution in [0, 0.1) is 11.5 Å². The highest BCUT2D eigenvalue weighted by Gasteiger charge is 2.08. The molecule has 1 aromatic rings. The molecule has 0 saturated heterocycles. The molecule has 0 bridgehead atoms. The molecule has 0 aliphatic heterocycles. The predicted molar refractivity (Wildman–Crippen MR) is 61.1 cm³/mol. The Hall–Kier alpha value is -0.533. The van der Waals surface area contributed by atoms with Gasteiger partial charge in [-0.25, -0.2) is 4.98 Å². The van der Waals surface area contributed by atoms with Crippen molar-refractivity contribution in [3.8, 4) is 11.5 Å². The van der Waals surface area contributed by atoms with Gasteiger partial charge < -0.3 is 4.57 Å². The standard InChI is InChI=1S/C9H13BrN2Si/c1-12-7-8(10)11-9(12)5-6-13(2,3)4/h7H,1-4H3. The topological polar surface area (TPSA) is 17.8 Å². The van der Waals surface area contributed by atoms with E-state index >= 15 is 0 Å². The predicted octanol–water partition coefficient (Wildman–Crippen LogP) is 2.41. The second kappa shape index (κ2) is 3.68. The average Bonchev–Trinajstić information content (AvgIpc) is 2.24. The summed E-state index contributed by atoms with van der Waals surface area (Å²) in [6.45, 7) is 6.66. The first-order valence-corrected chi connectivity index (χ1v) is 8.40. The lowest BCUT2D eigenvalue weighted by Crippen LogP contribution is -2.16. The lowest BCUT2D eigenvalue weighted by atomic mass is 10.6. The zero-order valence-electron chi connectivity index (χ0n) is 8.35. The Morgan fingerprint density at radius 1 is 1.46 bits per heavy atom. The van der Waals surface area contributed by atoms with Gasteiger partial charge in [0.2, 0.25) is 0 Å². The Morgan fingerprint density at radius 3 is 2.46 bits per heavy atom. The number of hydrogen-bond donors (Lipinski definition) is 0. The van der Waals surface area contributed by atoms with E-state index in [9.17, 15) is 0 Å². The molecule has 0 aliphatic rings. The van der Waals surface area contributed by atoms with Gasteiger partial charge in [-0.05, 0) is 21.9 Å². The molecule has 1 rings (SSSR count). The Balaban J connectivity index is 2.96. The number of aromatic nitrogens is 2. The Labute approximate surface area is 88.5 Å². The van der Waals surface area contributed by atoms with E-state index in [1.807, 2.05) is 17.8 Å². The minimum Gasteiger partial charge on any atom is -0.326 e. The van der Waals surface area contributed by atoms with Crippen LogP contribution in [-0.4, -0.2) is 17.6 Å². The molecule has 2 nitrogen and oxygen atoms in total. The monoisotopic (exact) mass is 256 g/mol. The van der Waals surface area contributed by atoms with Crippen molar-refractivity contribution in [2.75, 3.05) is 0 Å². The number of rotatable bonds is 0. The summed E-state index contributed by atoms with van der Waals surface area (Å²) >= 11 is 3.32. The molecule has 0 radical (unpaired) electrons. The number of halogens is 1. The largest absolute Gasteiger partial charge is 0.326 e. The fraction of sp³-hybridized carbons (Fsp3) is 0.444. The van der Waals surface area contributed by atoms with Gasteiger partial charge in [-0.2, -0.15) is 0 Å². The molecular formula is C9H13BrN2Si. The van der Waals surface area contributed by atoms with Crippen LogP contribution in [0.15, 0.2) is 10.8 Å². The van der Waals surface area contributed by atoms with Gasteiger partial charge in [0.15, 0.2) is 5.82 Å². The van der Waals surface area contributed by atoms with Crippen molar-refractivity contribution in [3.63, 3.8) is 0 Å². The molecule has 4 heteroatoms. The van der Waals surface area contributed by atoms with E-state index in [0.29, 0.717) is 0 Å². The number of imidazole rings is 1. The average molecular weight is 257 g/mol. The molecule has 1 aromatic heterocycles. The third kappa shape index (κ3) is 3.37. The third-order valence-corrected chi connectivity index (χ3v) is 2.65. The molecular weight excluding hydrogens is 244 g/mol. The zero-order valence-corrected chi connectivity index (χ0v) is 10.9. The summed E-state index contributed by atoms with van der Waals surface area (Å²) in [7, 11) is 0.667. The van der Waals surface area contributed by atoms with E-state index in [4.69, 9.17) is 0 Å². The Morgan fingerprint density at radius 2 is 2.08 bits per heavy atom. The fourth-order valence-electron chi connectivity index (χ4n) is 0.789. The molecule has 13 heavy (non-hydrogen) atoms. The highest BCUT2D eigenvalue weighted by molar-refractivity contribution is 9.10. The first-order chi connectivity index (χ1) is 5.88. The lowest BCUT2D eigenvalue weighted by Gasteiger charge is -2.02. The van der Waals surface area contributed by atoms with Crippen LogP contribution < -0.4 is 0 Å². The minimum atomic E-state index is -1.28. The molecule has 0 aliphatic carbocycles. The molecule has 0 saturated carbocycles. The summed E-state index contributed by atoms with van der Waals surface area (Å²) in [4.78, 5) is 4.24. The van der Waals surface area contributed by atoms with Crippen LogP contribution in [0.4, 0.5) is 0 Å². The minimum absolute atomic E-state index is 0.828. The van der Waals surface area contributed by atoms with Crippen molar-refractivity contribution in [2.45, 2.75) is 19.6 Å². The summed E-state index contributed by atoms with van der Waals surface area (Å²) < 4.78 is 2.77. The second-order valence-corrected chi connectivity index (χ2v) is 9.56. The summed E-state index contributed by atoms with van der Waals surface area (Å²) in [6, 6.07) is 0. The molecule has 0 amide bonds. The van der Waals surface area contributed by atoms with Gasteiger partial charge >= 0.3 is 0 Å². The molecule has 0 unspecified atom stereocenters. The van der Waals surface area contributed by atoms with Gasteiger partial charge in [-0.3, -0.25) is 0 Å². The van der Waals surface area contributed by atoms with E-state index in [0.717, 1.165) is 10.4 Å². The van der Waals surface area contributed by atoms with Crippen molar-refractivity contribution in [2.24, 2.45) is 7.05 Å². The highest BCUT2D eigenvalue weighted by Crippen LogP contribution is 2.07. The molecule has 0 fully saturated rings. The van der Waals surface area contributed by atoms with Crippen LogP contribution in [-0.2, 0) is 7.05 Å². The van der Waals surface area contributed by atoms with Crippen molar-refractivity contribution < 1.29 is 0 Å². The quantitative estimate of drug-likeness (QED) is 0.515. The van der Waals surface area contributed by atoms with Gasteiger partial charge in [0.05, 0.1) is 0 Å². The summed E-state index contributed by atoms with van der Waals surface area (Å²) in [5, 5.41) is 0. The maximum absolute atomic E-state index is 4.24. The molecule has 0 N–H and O–H groups in total. The fourth-order valence-corrected chi connectivity index (χ4v) is 1.75. The molecule has 0 spiro atoms. The maximum Gasteiger partial charge on any atom is 0.185 e. The second-order valence-electron chi connectivity index (χ2n) is 4.00. The zero-order chi connectivity index (χ0) is 10.1. The summed E-state index contributed by atoms with van der Waals surface area (Å²) in [5.74, 6) is 3.94.